The molecule has 0 bridgehead atoms. The van der Waals surface area contributed by atoms with Crippen LogP contribution in [0, 0.1) is 12.8 Å². The second-order valence-electron chi connectivity index (χ2n) is 9.79. The summed E-state index contributed by atoms with van der Waals surface area (Å²) < 4.78 is 0. The Bertz CT molecular complexity index is 932. The highest BCUT2D eigenvalue weighted by Crippen LogP contribution is 2.07. The molecule has 11 nitrogen and oxygen atoms in total. The first kappa shape index (κ1) is 31.6. The summed E-state index contributed by atoms with van der Waals surface area (Å²) in [4.78, 5) is 61.4. The molecule has 0 aliphatic heterocycles. The number of carbonyl (C=O) groups is 5. The van der Waals surface area contributed by atoms with E-state index in [2.05, 4.69) is 21.3 Å². The van der Waals surface area contributed by atoms with Gasteiger partial charge in [0, 0.05) is 12.1 Å². The molecular weight excluding hydrogens is 476 g/mol. The maximum atomic E-state index is 12.7. The van der Waals surface area contributed by atoms with E-state index in [9.17, 15) is 24.0 Å². The fraction of sp³-hybridized carbons (Fsp3) is 0.577. The Balaban J connectivity index is 2.54. The number of hydrogen-bond acceptors (Lipinski definition) is 6. The highest BCUT2D eigenvalue weighted by molar-refractivity contribution is 5.95. The van der Waals surface area contributed by atoms with Crippen molar-refractivity contribution in [2.75, 3.05) is 6.54 Å². The molecule has 0 aliphatic rings. The Labute approximate surface area is 218 Å². The van der Waals surface area contributed by atoms with E-state index in [1.165, 1.54) is 13.8 Å². The first-order valence-electron chi connectivity index (χ1n) is 12.6. The van der Waals surface area contributed by atoms with Crippen molar-refractivity contribution in [3.05, 3.63) is 35.4 Å². The fourth-order valence-corrected chi connectivity index (χ4v) is 3.45. The van der Waals surface area contributed by atoms with Gasteiger partial charge >= 0.3 is 0 Å². The molecule has 0 spiro atoms. The van der Waals surface area contributed by atoms with E-state index in [1.54, 1.807) is 12.1 Å². The lowest BCUT2D eigenvalue weighted by Gasteiger charge is -2.24. The molecular formula is C26H42N6O5. The molecule has 5 amide bonds. The molecule has 4 atom stereocenters. The minimum absolute atomic E-state index is 0.106. The van der Waals surface area contributed by atoms with Gasteiger partial charge in [-0.3, -0.25) is 24.0 Å². The number of rotatable bonds is 15. The average molecular weight is 519 g/mol. The standard InChI is InChI=1S/C26H42N6O5/c1-15(2)14-21(32-23(34)17(4)27)26(37)30-18(5)24(35)31-20(22(28)33)8-6-7-13-29-25(36)19-11-9-16(3)10-12-19/h9-12,15,17-18,20-21H,6-8,13-14,27H2,1-5H3,(H2,28,33)(H,29,36)(H,30,37)(H,31,35)(H,32,34)/t17-,18-,20-,21-/m0/s1. The second kappa shape index (κ2) is 15.6. The molecule has 37 heavy (non-hydrogen) atoms. The summed E-state index contributed by atoms with van der Waals surface area (Å²) in [5.41, 5.74) is 12.7. The molecule has 0 heterocycles. The van der Waals surface area contributed by atoms with Gasteiger partial charge in [0.2, 0.25) is 23.6 Å². The van der Waals surface area contributed by atoms with Crippen molar-refractivity contribution in [2.45, 2.75) is 84.5 Å². The number of amides is 5. The molecule has 0 aromatic heterocycles. The van der Waals surface area contributed by atoms with Gasteiger partial charge in [0.15, 0.2) is 0 Å². The van der Waals surface area contributed by atoms with Crippen molar-refractivity contribution in [2.24, 2.45) is 17.4 Å². The quantitative estimate of drug-likeness (QED) is 0.181. The minimum Gasteiger partial charge on any atom is -0.368 e. The van der Waals surface area contributed by atoms with Crippen LogP contribution in [0.1, 0.15) is 69.3 Å². The summed E-state index contributed by atoms with van der Waals surface area (Å²) in [7, 11) is 0. The summed E-state index contributed by atoms with van der Waals surface area (Å²) in [6.45, 7) is 9.14. The zero-order valence-corrected chi connectivity index (χ0v) is 22.4. The Morgan fingerprint density at radius 3 is 1.95 bits per heavy atom. The molecule has 0 saturated heterocycles. The maximum Gasteiger partial charge on any atom is 0.251 e. The van der Waals surface area contributed by atoms with Gasteiger partial charge in [-0.05, 0) is 64.5 Å². The SMILES string of the molecule is Cc1ccc(C(=O)NCCCC[C@H](NC(=O)[C@H](C)NC(=O)[C@H](CC(C)C)NC(=O)[C@H](C)N)C(N)=O)cc1. The van der Waals surface area contributed by atoms with E-state index in [0.29, 0.717) is 31.4 Å². The van der Waals surface area contributed by atoms with E-state index in [1.807, 2.05) is 32.9 Å². The average Bonchev–Trinajstić information content (AvgIpc) is 2.82. The fourth-order valence-electron chi connectivity index (χ4n) is 3.45. The molecule has 1 aromatic carbocycles. The summed E-state index contributed by atoms with van der Waals surface area (Å²) in [6, 6.07) is 3.70. The molecule has 0 radical (unpaired) electrons. The van der Waals surface area contributed by atoms with Crippen LogP contribution in [0.15, 0.2) is 24.3 Å². The zero-order valence-electron chi connectivity index (χ0n) is 22.4. The van der Waals surface area contributed by atoms with Gasteiger partial charge in [0.1, 0.15) is 18.1 Å². The van der Waals surface area contributed by atoms with Crippen molar-refractivity contribution in [3.63, 3.8) is 0 Å². The predicted octanol–water partition coefficient (Wildman–Crippen LogP) is 0.248. The number of nitrogens with one attached hydrogen (secondary N) is 4. The van der Waals surface area contributed by atoms with Gasteiger partial charge in [0.05, 0.1) is 6.04 Å². The number of primary amides is 1. The van der Waals surface area contributed by atoms with Crippen molar-refractivity contribution < 1.29 is 24.0 Å². The van der Waals surface area contributed by atoms with Gasteiger partial charge in [-0.25, -0.2) is 0 Å². The van der Waals surface area contributed by atoms with Gasteiger partial charge in [0.25, 0.3) is 5.91 Å². The van der Waals surface area contributed by atoms with E-state index in [-0.39, 0.29) is 18.2 Å². The van der Waals surface area contributed by atoms with Crippen LogP contribution in [0.5, 0.6) is 0 Å². The van der Waals surface area contributed by atoms with Crippen molar-refractivity contribution in [1.29, 1.82) is 0 Å². The zero-order chi connectivity index (χ0) is 28.1. The lowest BCUT2D eigenvalue weighted by atomic mass is 10.0. The van der Waals surface area contributed by atoms with Crippen LogP contribution in [0.4, 0.5) is 0 Å². The Hall–Kier alpha value is -3.47. The van der Waals surface area contributed by atoms with Crippen LogP contribution in [-0.4, -0.2) is 60.2 Å². The molecule has 0 saturated carbocycles. The summed E-state index contributed by atoms with van der Waals surface area (Å²) in [6.07, 6.45) is 1.76. The van der Waals surface area contributed by atoms with Crippen molar-refractivity contribution >= 4 is 29.5 Å². The largest absolute Gasteiger partial charge is 0.368 e. The van der Waals surface area contributed by atoms with Gasteiger partial charge < -0.3 is 32.7 Å². The normalized spacial score (nSPS) is 14.1. The molecule has 0 fully saturated rings. The third-order valence-electron chi connectivity index (χ3n) is 5.68. The smallest absolute Gasteiger partial charge is 0.251 e. The summed E-state index contributed by atoms with van der Waals surface area (Å²) in [5, 5.41) is 10.6. The van der Waals surface area contributed by atoms with E-state index >= 15 is 0 Å². The van der Waals surface area contributed by atoms with E-state index in [4.69, 9.17) is 11.5 Å². The highest BCUT2D eigenvalue weighted by atomic mass is 16.2. The molecule has 1 aromatic rings. The molecule has 0 aliphatic carbocycles. The number of benzene rings is 1. The highest BCUT2D eigenvalue weighted by Gasteiger charge is 2.27. The predicted molar refractivity (Wildman–Crippen MR) is 141 cm³/mol. The number of hydrogen-bond donors (Lipinski definition) is 6. The topological polar surface area (TPSA) is 186 Å². The molecule has 11 heteroatoms. The Morgan fingerprint density at radius 2 is 1.41 bits per heavy atom. The van der Waals surface area contributed by atoms with Crippen LogP contribution >= 0.6 is 0 Å². The number of carbonyl (C=O) groups excluding carboxylic acids is 5. The van der Waals surface area contributed by atoms with Gasteiger partial charge in [-0.2, -0.15) is 0 Å². The third kappa shape index (κ3) is 11.9. The Morgan fingerprint density at radius 1 is 0.811 bits per heavy atom. The van der Waals surface area contributed by atoms with Gasteiger partial charge in [-0.1, -0.05) is 31.5 Å². The maximum absolute atomic E-state index is 12.7. The Kier molecular flexibility index (Phi) is 13.3. The van der Waals surface area contributed by atoms with Crippen LogP contribution < -0.4 is 32.7 Å². The monoisotopic (exact) mass is 518 g/mol. The molecule has 0 unspecified atom stereocenters. The van der Waals surface area contributed by atoms with E-state index < -0.39 is 47.8 Å². The third-order valence-corrected chi connectivity index (χ3v) is 5.68. The van der Waals surface area contributed by atoms with Crippen LogP contribution in [0.2, 0.25) is 0 Å². The molecule has 1 rings (SSSR count). The van der Waals surface area contributed by atoms with Crippen LogP contribution in [0.3, 0.4) is 0 Å². The van der Waals surface area contributed by atoms with Crippen LogP contribution in [0.25, 0.3) is 0 Å². The molecule has 206 valence electrons. The van der Waals surface area contributed by atoms with Crippen LogP contribution in [-0.2, 0) is 19.2 Å². The van der Waals surface area contributed by atoms with Crippen molar-refractivity contribution in [1.82, 2.24) is 21.3 Å². The molecule has 8 N–H and O–H groups in total. The lowest BCUT2D eigenvalue weighted by molar-refractivity contribution is -0.133. The second-order valence-corrected chi connectivity index (χ2v) is 9.79. The van der Waals surface area contributed by atoms with Crippen molar-refractivity contribution in [3.8, 4) is 0 Å². The lowest BCUT2D eigenvalue weighted by Crippen LogP contribution is -2.56. The first-order chi connectivity index (χ1) is 17.3. The summed E-state index contributed by atoms with van der Waals surface area (Å²) >= 11 is 0. The summed E-state index contributed by atoms with van der Waals surface area (Å²) in [5.74, 6) is -2.34. The van der Waals surface area contributed by atoms with E-state index in [0.717, 1.165) is 5.56 Å². The minimum atomic E-state index is -0.968. The first-order valence-corrected chi connectivity index (χ1v) is 12.6. The number of nitrogens with two attached hydrogens (primary N) is 2. The number of unbranched alkanes of at least 4 members (excludes halogenated alkanes) is 1. The number of aryl methyl sites for hydroxylation is 1. The van der Waals surface area contributed by atoms with Gasteiger partial charge in [-0.15, -0.1) is 0 Å².